The Bertz CT molecular complexity index is 567. The molecule has 0 radical (unpaired) electrons. The monoisotopic (exact) mass is 243 g/mol. The van der Waals surface area contributed by atoms with E-state index >= 15 is 0 Å². The molecule has 0 aliphatic rings. The van der Waals surface area contributed by atoms with Crippen LogP contribution in [0, 0.1) is 13.8 Å². The van der Waals surface area contributed by atoms with Gasteiger partial charge < -0.3 is 10.1 Å². The first-order chi connectivity index (χ1) is 8.65. The summed E-state index contributed by atoms with van der Waals surface area (Å²) in [6.07, 6.45) is 0. The van der Waals surface area contributed by atoms with Crippen molar-refractivity contribution in [3.63, 3.8) is 0 Å². The molecule has 0 atom stereocenters. The van der Waals surface area contributed by atoms with Gasteiger partial charge in [-0.15, -0.1) is 0 Å². The Labute approximate surface area is 107 Å². The highest BCUT2D eigenvalue weighted by atomic mass is 16.5. The summed E-state index contributed by atoms with van der Waals surface area (Å²) in [6, 6.07) is 7.75. The van der Waals surface area contributed by atoms with Crippen molar-refractivity contribution in [1.29, 1.82) is 0 Å². The van der Waals surface area contributed by atoms with Crippen LogP contribution >= 0.6 is 0 Å². The number of aromatic nitrogens is 2. The number of benzene rings is 1. The lowest BCUT2D eigenvalue weighted by Crippen LogP contribution is -2.02. The third-order valence-corrected chi connectivity index (χ3v) is 2.95. The van der Waals surface area contributed by atoms with Crippen molar-refractivity contribution in [2.45, 2.75) is 13.8 Å². The fourth-order valence-corrected chi connectivity index (χ4v) is 1.76. The van der Waals surface area contributed by atoms with Crippen molar-refractivity contribution in [2.24, 2.45) is 0 Å². The van der Waals surface area contributed by atoms with E-state index in [1.165, 1.54) is 0 Å². The molecular formula is C14H17N3O. The number of nitrogens with zero attached hydrogens (tertiary/aromatic N) is 2. The van der Waals surface area contributed by atoms with Crippen LogP contribution in [0.3, 0.4) is 0 Å². The van der Waals surface area contributed by atoms with Gasteiger partial charge in [0, 0.05) is 23.9 Å². The van der Waals surface area contributed by atoms with Crippen molar-refractivity contribution in [3.8, 4) is 17.1 Å². The predicted molar refractivity (Wildman–Crippen MR) is 73.0 cm³/mol. The Kier molecular flexibility index (Phi) is 3.46. The average molecular weight is 243 g/mol. The molecule has 1 aromatic carbocycles. The fourth-order valence-electron chi connectivity index (χ4n) is 1.76. The van der Waals surface area contributed by atoms with Crippen molar-refractivity contribution >= 4 is 5.82 Å². The summed E-state index contributed by atoms with van der Waals surface area (Å²) in [7, 11) is 3.52. The quantitative estimate of drug-likeness (QED) is 0.900. The van der Waals surface area contributed by atoms with Crippen molar-refractivity contribution in [3.05, 3.63) is 35.5 Å². The van der Waals surface area contributed by atoms with Crippen LogP contribution in [0.4, 0.5) is 5.82 Å². The number of hydrogen-bond donors (Lipinski definition) is 1. The van der Waals surface area contributed by atoms with Crippen LogP contribution in [0.5, 0.6) is 5.75 Å². The number of anilines is 1. The van der Waals surface area contributed by atoms with Crippen LogP contribution < -0.4 is 10.1 Å². The molecule has 0 saturated carbocycles. The SMILES string of the molecule is CNc1nc(-c2cccc(OC)c2)nc(C)c1C. The number of nitrogens with one attached hydrogen (secondary N) is 1. The first-order valence-electron chi connectivity index (χ1n) is 5.83. The molecule has 0 amide bonds. The highest BCUT2D eigenvalue weighted by Crippen LogP contribution is 2.24. The van der Waals surface area contributed by atoms with Crippen LogP contribution in [0.1, 0.15) is 11.3 Å². The number of hydrogen-bond acceptors (Lipinski definition) is 4. The standard InChI is InChI=1S/C14H17N3O/c1-9-10(2)16-14(17-13(9)15-3)11-6-5-7-12(8-11)18-4/h5-8H,1-4H3,(H,15,16,17). The Morgan fingerprint density at radius 1 is 1.17 bits per heavy atom. The minimum atomic E-state index is 0.710. The number of aryl methyl sites for hydroxylation is 1. The average Bonchev–Trinajstić information content (AvgIpc) is 2.41. The van der Waals surface area contributed by atoms with Gasteiger partial charge in [-0.2, -0.15) is 0 Å². The van der Waals surface area contributed by atoms with Gasteiger partial charge in [-0.1, -0.05) is 12.1 Å². The molecule has 0 fully saturated rings. The fraction of sp³-hybridized carbons (Fsp3) is 0.286. The predicted octanol–water partition coefficient (Wildman–Crippen LogP) is 2.81. The molecule has 4 heteroatoms. The number of rotatable bonds is 3. The van der Waals surface area contributed by atoms with E-state index in [0.29, 0.717) is 5.82 Å². The minimum Gasteiger partial charge on any atom is -0.497 e. The van der Waals surface area contributed by atoms with Gasteiger partial charge >= 0.3 is 0 Å². The van der Waals surface area contributed by atoms with Crippen LogP contribution in [0.15, 0.2) is 24.3 Å². The highest BCUT2D eigenvalue weighted by Gasteiger charge is 2.09. The van der Waals surface area contributed by atoms with E-state index in [4.69, 9.17) is 4.74 Å². The van der Waals surface area contributed by atoms with E-state index in [0.717, 1.165) is 28.4 Å². The van der Waals surface area contributed by atoms with E-state index in [-0.39, 0.29) is 0 Å². The van der Waals surface area contributed by atoms with Crippen LogP contribution in [0.2, 0.25) is 0 Å². The van der Waals surface area contributed by atoms with E-state index < -0.39 is 0 Å². The van der Waals surface area contributed by atoms with Crippen LogP contribution in [-0.4, -0.2) is 24.1 Å². The molecule has 0 aliphatic heterocycles. The third kappa shape index (κ3) is 2.27. The molecule has 0 saturated heterocycles. The van der Waals surface area contributed by atoms with E-state index in [1.54, 1.807) is 7.11 Å². The van der Waals surface area contributed by atoms with Crippen LogP contribution in [0.25, 0.3) is 11.4 Å². The summed E-state index contributed by atoms with van der Waals surface area (Å²) < 4.78 is 5.22. The molecule has 2 rings (SSSR count). The van der Waals surface area contributed by atoms with Gasteiger partial charge in [0.15, 0.2) is 5.82 Å². The van der Waals surface area contributed by atoms with Crippen molar-refractivity contribution < 1.29 is 4.74 Å². The molecule has 94 valence electrons. The summed E-state index contributed by atoms with van der Waals surface area (Å²) in [5, 5.41) is 3.09. The normalized spacial score (nSPS) is 10.2. The first kappa shape index (κ1) is 12.4. The van der Waals surface area contributed by atoms with Crippen molar-refractivity contribution in [2.75, 3.05) is 19.5 Å². The van der Waals surface area contributed by atoms with E-state index in [9.17, 15) is 0 Å². The molecule has 0 bridgehead atoms. The zero-order valence-electron chi connectivity index (χ0n) is 11.1. The van der Waals surface area contributed by atoms with Gasteiger partial charge in [0.05, 0.1) is 7.11 Å². The number of ether oxygens (including phenoxy) is 1. The lowest BCUT2D eigenvalue weighted by Gasteiger charge is -2.10. The smallest absolute Gasteiger partial charge is 0.161 e. The molecule has 1 heterocycles. The maximum Gasteiger partial charge on any atom is 0.161 e. The minimum absolute atomic E-state index is 0.710. The van der Waals surface area contributed by atoms with Crippen molar-refractivity contribution in [1.82, 2.24) is 9.97 Å². The zero-order valence-corrected chi connectivity index (χ0v) is 11.1. The lowest BCUT2D eigenvalue weighted by molar-refractivity contribution is 0.415. The lowest BCUT2D eigenvalue weighted by atomic mass is 10.1. The molecule has 0 aliphatic carbocycles. The van der Waals surface area contributed by atoms with Gasteiger partial charge in [0.1, 0.15) is 11.6 Å². The second-order valence-corrected chi connectivity index (χ2v) is 4.09. The molecule has 0 unspecified atom stereocenters. The van der Waals surface area contributed by atoms with Gasteiger partial charge in [-0.3, -0.25) is 0 Å². The Morgan fingerprint density at radius 3 is 2.61 bits per heavy atom. The summed E-state index contributed by atoms with van der Waals surface area (Å²) in [5.74, 6) is 2.38. The molecule has 1 N–H and O–H groups in total. The maximum atomic E-state index is 5.22. The Balaban J connectivity index is 2.53. The Morgan fingerprint density at radius 2 is 1.94 bits per heavy atom. The molecule has 2 aromatic rings. The second-order valence-electron chi connectivity index (χ2n) is 4.09. The topological polar surface area (TPSA) is 47.0 Å². The largest absolute Gasteiger partial charge is 0.497 e. The zero-order chi connectivity index (χ0) is 13.1. The molecule has 0 spiro atoms. The van der Waals surface area contributed by atoms with Gasteiger partial charge in [-0.25, -0.2) is 9.97 Å². The van der Waals surface area contributed by atoms with Gasteiger partial charge in [0.2, 0.25) is 0 Å². The Hall–Kier alpha value is -2.10. The second kappa shape index (κ2) is 5.04. The molecule has 18 heavy (non-hydrogen) atoms. The van der Waals surface area contributed by atoms with E-state index in [1.807, 2.05) is 45.2 Å². The number of methoxy groups -OCH3 is 1. The first-order valence-corrected chi connectivity index (χ1v) is 5.83. The van der Waals surface area contributed by atoms with Gasteiger partial charge in [-0.05, 0) is 26.0 Å². The van der Waals surface area contributed by atoms with Gasteiger partial charge in [0.25, 0.3) is 0 Å². The molecule has 1 aromatic heterocycles. The van der Waals surface area contributed by atoms with Crippen LogP contribution in [-0.2, 0) is 0 Å². The maximum absolute atomic E-state index is 5.22. The highest BCUT2D eigenvalue weighted by molar-refractivity contribution is 5.61. The third-order valence-electron chi connectivity index (χ3n) is 2.95. The molecular weight excluding hydrogens is 226 g/mol. The summed E-state index contributed by atoms with van der Waals surface area (Å²) >= 11 is 0. The molecule has 4 nitrogen and oxygen atoms in total. The van der Waals surface area contributed by atoms with E-state index in [2.05, 4.69) is 15.3 Å². The summed E-state index contributed by atoms with van der Waals surface area (Å²) in [4.78, 5) is 9.04. The summed E-state index contributed by atoms with van der Waals surface area (Å²) in [5.41, 5.74) is 3.00. The summed E-state index contributed by atoms with van der Waals surface area (Å²) in [6.45, 7) is 4.00.